The second kappa shape index (κ2) is 5.53. The first-order valence-electron chi connectivity index (χ1n) is 7.77. The Morgan fingerprint density at radius 3 is 2.90 bits per heavy atom. The number of nitrogens with one attached hydrogen (secondary N) is 1. The molecule has 4 rings (SSSR count). The predicted octanol–water partition coefficient (Wildman–Crippen LogP) is 4.62. The third-order valence-corrected chi connectivity index (χ3v) is 6.92. The van der Waals surface area contributed by atoms with Crippen molar-refractivity contribution in [2.75, 3.05) is 7.05 Å². The molecular formula is C18H20BrNS. The van der Waals surface area contributed by atoms with Gasteiger partial charge in [-0.05, 0) is 83.3 Å². The van der Waals surface area contributed by atoms with Crippen LogP contribution >= 0.6 is 27.3 Å². The highest BCUT2D eigenvalue weighted by Gasteiger charge is 2.55. The summed E-state index contributed by atoms with van der Waals surface area (Å²) < 4.78 is 1.24. The minimum atomic E-state index is 0.608. The van der Waals surface area contributed by atoms with Crippen molar-refractivity contribution in [2.24, 2.45) is 11.8 Å². The highest BCUT2D eigenvalue weighted by Crippen LogP contribution is 2.61. The molecule has 2 aliphatic rings. The Labute approximate surface area is 138 Å². The maximum Gasteiger partial charge on any atom is 0.0701 e. The van der Waals surface area contributed by atoms with E-state index >= 15 is 0 Å². The van der Waals surface area contributed by atoms with Gasteiger partial charge in [-0.15, -0.1) is 11.3 Å². The van der Waals surface area contributed by atoms with Gasteiger partial charge in [0.15, 0.2) is 0 Å². The van der Waals surface area contributed by atoms with Crippen molar-refractivity contribution in [3.63, 3.8) is 0 Å². The molecule has 0 bridgehead atoms. The van der Waals surface area contributed by atoms with Crippen molar-refractivity contribution in [1.29, 1.82) is 0 Å². The molecule has 0 spiro atoms. The molecule has 2 aromatic rings. The monoisotopic (exact) mass is 361 g/mol. The molecule has 21 heavy (non-hydrogen) atoms. The Morgan fingerprint density at radius 1 is 1.29 bits per heavy atom. The van der Waals surface area contributed by atoms with Crippen molar-refractivity contribution >= 4 is 27.3 Å². The Balaban J connectivity index is 1.54. The number of hydrogen-bond acceptors (Lipinski definition) is 2. The Bertz CT molecular complexity index is 650. The molecule has 0 aliphatic heterocycles. The van der Waals surface area contributed by atoms with Gasteiger partial charge in [-0.3, -0.25) is 0 Å². The van der Waals surface area contributed by atoms with Crippen LogP contribution in [0.5, 0.6) is 0 Å². The molecule has 1 aromatic heterocycles. The van der Waals surface area contributed by atoms with E-state index in [0.29, 0.717) is 6.04 Å². The Morgan fingerprint density at radius 2 is 2.14 bits per heavy atom. The first kappa shape index (κ1) is 14.0. The van der Waals surface area contributed by atoms with Crippen molar-refractivity contribution in [2.45, 2.75) is 31.2 Å². The van der Waals surface area contributed by atoms with Crippen LogP contribution in [0.2, 0.25) is 0 Å². The zero-order valence-corrected chi connectivity index (χ0v) is 14.6. The summed E-state index contributed by atoms with van der Waals surface area (Å²) in [4.78, 5) is 1.48. The molecule has 4 atom stereocenters. The number of benzene rings is 1. The summed E-state index contributed by atoms with van der Waals surface area (Å²) in [5, 5.41) is 3.60. The van der Waals surface area contributed by atoms with Gasteiger partial charge in [0.25, 0.3) is 0 Å². The third-order valence-electron chi connectivity index (χ3n) is 5.28. The van der Waals surface area contributed by atoms with Crippen molar-refractivity contribution in [3.8, 4) is 0 Å². The second-order valence-corrected chi connectivity index (χ2v) is 8.86. The Kier molecular flexibility index (Phi) is 3.68. The topological polar surface area (TPSA) is 12.0 Å². The van der Waals surface area contributed by atoms with Crippen LogP contribution in [0, 0.1) is 11.8 Å². The molecule has 1 saturated carbocycles. The van der Waals surface area contributed by atoms with E-state index in [9.17, 15) is 0 Å². The van der Waals surface area contributed by atoms with Crippen molar-refractivity contribution < 1.29 is 0 Å². The SMILES string of the molecule is CNC(Cc1ccc(Br)s1)C1C2CCc3ccccc3C21. The van der Waals surface area contributed by atoms with Gasteiger partial charge in [0, 0.05) is 10.9 Å². The van der Waals surface area contributed by atoms with Gasteiger partial charge >= 0.3 is 0 Å². The number of aryl methyl sites for hydroxylation is 1. The van der Waals surface area contributed by atoms with Gasteiger partial charge in [0.1, 0.15) is 0 Å². The highest BCUT2D eigenvalue weighted by atomic mass is 79.9. The van der Waals surface area contributed by atoms with Crippen LogP contribution in [0.3, 0.4) is 0 Å². The molecule has 2 aliphatic carbocycles. The highest BCUT2D eigenvalue weighted by molar-refractivity contribution is 9.11. The summed E-state index contributed by atoms with van der Waals surface area (Å²) in [7, 11) is 2.13. The van der Waals surface area contributed by atoms with E-state index in [1.807, 2.05) is 11.3 Å². The third kappa shape index (κ3) is 2.49. The van der Waals surface area contributed by atoms with Crippen molar-refractivity contribution in [1.82, 2.24) is 5.32 Å². The van der Waals surface area contributed by atoms with Crippen LogP contribution in [0.1, 0.15) is 28.3 Å². The Hall–Kier alpha value is -0.640. The van der Waals surface area contributed by atoms with E-state index in [1.54, 1.807) is 11.1 Å². The van der Waals surface area contributed by atoms with E-state index in [-0.39, 0.29) is 0 Å². The summed E-state index contributed by atoms with van der Waals surface area (Å²) in [5.41, 5.74) is 3.22. The lowest BCUT2D eigenvalue weighted by Gasteiger charge is -2.16. The number of likely N-dealkylation sites (N-methyl/N-ethyl adjacent to an activating group) is 1. The molecule has 3 heteroatoms. The van der Waals surface area contributed by atoms with Gasteiger partial charge < -0.3 is 5.32 Å². The molecule has 110 valence electrons. The van der Waals surface area contributed by atoms with E-state index in [4.69, 9.17) is 0 Å². The fourth-order valence-electron chi connectivity index (χ4n) is 4.28. The molecule has 1 N–H and O–H groups in total. The molecule has 1 fully saturated rings. The van der Waals surface area contributed by atoms with Crippen molar-refractivity contribution in [3.05, 3.63) is 56.2 Å². The average Bonchev–Trinajstić information content (AvgIpc) is 3.11. The van der Waals surface area contributed by atoms with Crippen LogP contribution in [0.15, 0.2) is 40.2 Å². The van der Waals surface area contributed by atoms with E-state index in [1.165, 1.54) is 21.5 Å². The number of fused-ring (bicyclic) bond motifs is 3. The van der Waals surface area contributed by atoms with Crippen LogP contribution in [-0.2, 0) is 12.8 Å². The standard InChI is InChI=1S/C18H20BrNS/c1-20-15(10-12-7-9-16(19)21-12)18-14-8-6-11-4-2-3-5-13(11)17(14)18/h2-5,7,9,14-15,17-18,20H,6,8,10H2,1H3. The largest absolute Gasteiger partial charge is 0.316 e. The molecule has 4 unspecified atom stereocenters. The fraction of sp³-hybridized carbons (Fsp3) is 0.444. The zero-order valence-electron chi connectivity index (χ0n) is 12.2. The van der Waals surface area contributed by atoms with E-state index in [2.05, 4.69) is 64.7 Å². The maximum absolute atomic E-state index is 3.60. The van der Waals surface area contributed by atoms with Crippen LogP contribution in [-0.4, -0.2) is 13.1 Å². The average molecular weight is 362 g/mol. The molecule has 1 heterocycles. The predicted molar refractivity (Wildman–Crippen MR) is 93.1 cm³/mol. The van der Waals surface area contributed by atoms with Crippen LogP contribution < -0.4 is 5.32 Å². The van der Waals surface area contributed by atoms with Crippen LogP contribution in [0.25, 0.3) is 0 Å². The van der Waals surface area contributed by atoms with Gasteiger partial charge in [-0.25, -0.2) is 0 Å². The molecule has 1 nitrogen and oxygen atoms in total. The van der Waals surface area contributed by atoms with Gasteiger partial charge in [0.2, 0.25) is 0 Å². The first-order valence-corrected chi connectivity index (χ1v) is 9.38. The first-order chi connectivity index (χ1) is 10.3. The van der Waals surface area contributed by atoms with Gasteiger partial charge in [-0.1, -0.05) is 24.3 Å². The lowest BCUT2D eigenvalue weighted by atomic mass is 9.92. The summed E-state index contributed by atoms with van der Waals surface area (Å²) in [6.45, 7) is 0. The summed E-state index contributed by atoms with van der Waals surface area (Å²) in [6, 6.07) is 14.1. The lowest BCUT2D eigenvalue weighted by molar-refractivity contribution is 0.466. The van der Waals surface area contributed by atoms with E-state index < -0.39 is 0 Å². The quantitative estimate of drug-likeness (QED) is 0.837. The number of hydrogen-bond donors (Lipinski definition) is 1. The summed E-state index contributed by atoms with van der Waals surface area (Å²) >= 11 is 5.45. The second-order valence-electron chi connectivity index (χ2n) is 6.31. The van der Waals surface area contributed by atoms with E-state index in [0.717, 1.165) is 24.2 Å². The number of rotatable bonds is 4. The molecule has 0 amide bonds. The fourth-order valence-corrected chi connectivity index (χ4v) is 5.82. The molecule has 0 saturated heterocycles. The normalized spacial score (nSPS) is 27.8. The smallest absolute Gasteiger partial charge is 0.0701 e. The summed E-state index contributed by atoms with van der Waals surface area (Å²) in [6.07, 6.45) is 3.81. The minimum absolute atomic E-state index is 0.608. The molecular weight excluding hydrogens is 342 g/mol. The summed E-state index contributed by atoms with van der Waals surface area (Å²) in [5.74, 6) is 2.52. The minimum Gasteiger partial charge on any atom is -0.316 e. The lowest BCUT2D eigenvalue weighted by Crippen LogP contribution is -2.30. The zero-order chi connectivity index (χ0) is 14.4. The van der Waals surface area contributed by atoms with Gasteiger partial charge in [0.05, 0.1) is 3.79 Å². The maximum atomic E-state index is 3.60. The van der Waals surface area contributed by atoms with Crippen LogP contribution in [0.4, 0.5) is 0 Å². The molecule has 0 radical (unpaired) electrons. The van der Waals surface area contributed by atoms with Gasteiger partial charge in [-0.2, -0.15) is 0 Å². The molecule has 1 aromatic carbocycles. The number of thiophene rings is 1. The number of halogens is 1.